The van der Waals surface area contributed by atoms with Gasteiger partial charge >= 0.3 is 0 Å². The molecule has 1 rings (SSSR count). The number of aliphatic imine (C=N–C) groups is 1. The molecular weight excluding hydrogens is 310 g/mol. The second-order valence-corrected chi connectivity index (χ2v) is 7.13. The Kier molecular flexibility index (Phi) is 6.71. The Morgan fingerprint density at radius 1 is 1.39 bits per heavy atom. The first-order chi connectivity index (χ1) is 8.52. The van der Waals surface area contributed by atoms with Gasteiger partial charge in [-0.25, -0.2) is 4.99 Å². The Labute approximate surface area is 122 Å². The van der Waals surface area contributed by atoms with Gasteiger partial charge in [0.05, 0.1) is 10.3 Å². The van der Waals surface area contributed by atoms with Crippen LogP contribution >= 0.6 is 27.3 Å². The van der Waals surface area contributed by atoms with Crippen molar-refractivity contribution in [2.75, 3.05) is 6.54 Å². The molecule has 0 bridgehead atoms. The van der Waals surface area contributed by atoms with Crippen LogP contribution in [0.5, 0.6) is 0 Å². The molecule has 102 valence electrons. The third-order valence-electron chi connectivity index (χ3n) is 2.73. The normalized spacial score (nSPS) is 13.8. The largest absolute Gasteiger partial charge is 0.357 e. The smallest absolute Gasteiger partial charge is 0.191 e. The van der Waals surface area contributed by atoms with Crippen LogP contribution in [0.1, 0.15) is 32.6 Å². The van der Waals surface area contributed by atoms with E-state index in [1.54, 1.807) is 11.3 Å². The lowest BCUT2D eigenvalue weighted by molar-refractivity contribution is 0.481. The molecule has 0 aliphatic carbocycles. The zero-order chi connectivity index (χ0) is 13.5. The van der Waals surface area contributed by atoms with E-state index in [1.165, 1.54) is 4.88 Å². The molecule has 0 saturated heterocycles. The van der Waals surface area contributed by atoms with E-state index < -0.39 is 0 Å². The number of thiophene rings is 1. The molecule has 5 heteroatoms. The highest BCUT2D eigenvalue weighted by molar-refractivity contribution is 9.11. The minimum absolute atomic E-state index is 0.415. The maximum absolute atomic E-state index is 4.60. The molecule has 0 aromatic carbocycles. The maximum Gasteiger partial charge on any atom is 0.191 e. The first-order valence-electron chi connectivity index (χ1n) is 6.32. The van der Waals surface area contributed by atoms with Gasteiger partial charge in [-0.1, -0.05) is 13.8 Å². The van der Waals surface area contributed by atoms with Crippen LogP contribution in [0.4, 0.5) is 0 Å². The molecule has 1 atom stereocenters. The number of rotatable bonds is 5. The quantitative estimate of drug-likeness (QED) is 0.638. The highest BCUT2D eigenvalue weighted by atomic mass is 79.9. The second-order valence-electron chi connectivity index (χ2n) is 4.58. The molecule has 1 aromatic heterocycles. The second kappa shape index (κ2) is 7.79. The van der Waals surface area contributed by atoms with Gasteiger partial charge in [-0.3, -0.25) is 0 Å². The van der Waals surface area contributed by atoms with Gasteiger partial charge in [0.15, 0.2) is 5.96 Å². The van der Waals surface area contributed by atoms with Gasteiger partial charge in [0.1, 0.15) is 0 Å². The average molecular weight is 332 g/mol. The van der Waals surface area contributed by atoms with Gasteiger partial charge in [0.25, 0.3) is 0 Å². The van der Waals surface area contributed by atoms with Crippen molar-refractivity contribution in [2.24, 2.45) is 10.9 Å². The van der Waals surface area contributed by atoms with Crippen LogP contribution in [0.2, 0.25) is 0 Å². The van der Waals surface area contributed by atoms with Crippen LogP contribution in [0.3, 0.4) is 0 Å². The molecule has 1 heterocycles. The number of nitrogens with one attached hydrogen (secondary N) is 2. The number of halogens is 1. The summed E-state index contributed by atoms with van der Waals surface area (Å²) in [5.74, 6) is 1.48. The standard InChI is InChI=1S/C13H22BrN3S/c1-5-15-13(17-10(4)9(2)3)16-8-11-6-7-12(14)18-11/h6-7,9-10H,5,8H2,1-4H3,(H2,15,16,17). The Morgan fingerprint density at radius 2 is 2.11 bits per heavy atom. The molecule has 3 nitrogen and oxygen atoms in total. The number of nitrogens with zero attached hydrogens (tertiary/aromatic N) is 1. The molecule has 2 N–H and O–H groups in total. The number of hydrogen-bond donors (Lipinski definition) is 2. The fourth-order valence-corrected chi connectivity index (χ4v) is 2.70. The summed E-state index contributed by atoms with van der Waals surface area (Å²) in [5, 5.41) is 6.70. The lowest BCUT2D eigenvalue weighted by atomic mass is 10.1. The summed E-state index contributed by atoms with van der Waals surface area (Å²) < 4.78 is 1.15. The molecule has 0 aliphatic rings. The summed E-state index contributed by atoms with van der Waals surface area (Å²) in [6.07, 6.45) is 0. The van der Waals surface area contributed by atoms with Crippen molar-refractivity contribution in [1.82, 2.24) is 10.6 Å². The fraction of sp³-hybridized carbons (Fsp3) is 0.615. The van der Waals surface area contributed by atoms with Crippen molar-refractivity contribution in [3.8, 4) is 0 Å². The monoisotopic (exact) mass is 331 g/mol. The number of guanidine groups is 1. The third kappa shape index (κ3) is 5.40. The van der Waals surface area contributed by atoms with E-state index in [-0.39, 0.29) is 0 Å². The lowest BCUT2D eigenvalue weighted by Crippen LogP contribution is -2.44. The first-order valence-corrected chi connectivity index (χ1v) is 7.93. The molecule has 1 aromatic rings. The molecule has 1 unspecified atom stereocenters. The summed E-state index contributed by atoms with van der Waals surface area (Å²) in [6.45, 7) is 10.3. The van der Waals surface area contributed by atoms with E-state index in [0.717, 1.165) is 22.8 Å². The van der Waals surface area contributed by atoms with E-state index in [4.69, 9.17) is 0 Å². The third-order valence-corrected chi connectivity index (χ3v) is 4.34. The minimum atomic E-state index is 0.415. The molecule has 0 saturated carbocycles. The number of hydrogen-bond acceptors (Lipinski definition) is 2. The van der Waals surface area contributed by atoms with E-state index >= 15 is 0 Å². The summed E-state index contributed by atoms with van der Waals surface area (Å²) in [4.78, 5) is 5.86. The summed E-state index contributed by atoms with van der Waals surface area (Å²) in [6, 6.07) is 4.58. The fourth-order valence-electron chi connectivity index (χ4n) is 1.30. The molecular formula is C13H22BrN3S. The maximum atomic E-state index is 4.60. The average Bonchev–Trinajstić information content (AvgIpc) is 2.72. The zero-order valence-electron chi connectivity index (χ0n) is 11.5. The summed E-state index contributed by atoms with van der Waals surface area (Å²) in [5.41, 5.74) is 0. The molecule has 0 fully saturated rings. The van der Waals surface area contributed by atoms with Gasteiger partial charge in [-0.15, -0.1) is 11.3 Å². The van der Waals surface area contributed by atoms with Crippen molar-refractivity contribution in [2.45, 2.75) is 40.3 Å². The highest BCUT2D eigenvalue weighted by Crippen LogP contribution is 2.22. The van der Waals surface area contributed by atoms with Crippen LogP contribution in [-0.2, 0) is 6.54 Å². The predicted molar refractivity (Wildman–Crippen MR) is 84.3 cm³/mol. The first kappa shape index (κ1) is 15.5. The van der Waals surface area contributed by atoms with E-state index in [2.05, 4.69) is 71.4 Å². The van der Waals surface area contributed by atoms with Gasteiger partial charge in [-0.2, -0.15) is 0 Å². The predicted octanol–water partition coefficient (Wildman–Crippen LogP) is 3.61. The topological polar surface area (TPSA) is 36.4 Å². The Morgan fingerprint density at radius 3 is 2.61 bits per heavy atom. The van der Waals surface area contributed by atoms with Gasteiger partial charge in [0, 0.05) is 17.5 Å². The van der Waals surface area contributed by atoms with Crippen molar-refractivity contribution >= 4 is 33.2 Å². The van der Waals surface area contributed by atoms with Crippen LogP contribution in [0.15, 0.2) is 20.9 Å². The Bertz CT molecular complexity index is 387. The van der Waals surface area contributed by atoms with Crippen molar-refractivity contribution < 1.29 is 0 Å². The van der Waals surface area contributed by atoms with Crippen molar-refractivity contribution in [3.63, 3.8) is 0 Å². The van der Waals surface area contributed by atoms with E-state index in [0.29, 0.717) is 12.0 Å². The van der Waals surface area contributed by atoms with Crippen LogP contribution in [0.25, 0.3) is 0 Å². The lowest BCUT2D eigenvalue weighted by Gasteiger charge is -2.20. The Balaban J connectivity index is 2.60. The van der Waals surface area contributed by atoms with Crippen molar-refractivity contribution in [3.05, 3.63) is 20.8 Å². The van der Waals surface area contributed by atoms with Crippen LogP contribution in [0, 0.1) is 5.92 Å². The molecule has 0 radical (unpaired) electrons. The molecule has 0 amide bonds. The molecule has 0 spiro atoms. The van der Waals surface area contributed by atoms with Crippen LogP contribution in [-0.4, -0.2) is 18.5 Å². The Hall–Kier alpha value is -0.550. The van der Waals surface area contributed by atoms with Crippen LogP contribution < -0.4 is 10.6 Å². The highest BCUT2D eigenvalue weighted by Gasteiger charge is 2.08. The molecule has 0 aliphatic heterocycles. The SMILES string of the molecule is CCNC(=NCc1ccc(Br)s1)NC(C)C(C)C. The summed E-state index contributed by atoms with van der Waals surface area (Å²) >= 11 is 5.20. The summed E-state index contributed by atoms with van der Waals surface area (Å²) in [7, 11) is 0. The van der Waals surface area contributed by atoms with Gasteiger partial charge < -0.3 is 10.6 Å². The zero-order valence-corrected chi connectivity index (χ0v) is 13.9. The van der Waals surface area contributed by atoms with E-state index in [1.807, 2.05) is 0 Å². The van der Waals surface area contributed by atoms with Gasteiger partial charge in [-0.05, 0) is 47.8 Å². The van der Waals surface area contributed by atoms with Crippen molar-refractivity contribution in [1.29, 1.82) is 0 Å². The van der Waals surface area contributed by atoms with Gasteiger partial charge in [0.2, 0.25) is 0 Å². The van der Waals surface area contributed by atoms with E-state index in [9.17, 15) is 0 Å². The minimum Gasteiger partial charge on any atom is -0.357 e. The molecule has 18 heavy (non-hydrogen) atoms.